The van der Waals surface area contributed by atoms with Gasteiger partial charge < -0.3 is 10.2 Å². The van der Waals surface area contributed by atoms with Crippen molar-refractivity contribution in [3.63, 3.8) is 0 Å². The quantitative estimate of drug-likeness (QED) is 0.825. The third kappa shape index (κ3) is 2.76. The Morgan fingerprint density at radius 3 is 1.94 bits per heavy atom. The topological polar surface area (TPSA) is 74.6 Å². The van der Waals surface area contributed by atoms with Gasteiger partial charge in [0.2, 0.25) is 6.17 Å². The molecule has 0 aromatic heterocycles. The summed E-state index contributed by atoms with van der Waals surface area (Å²) in [5.41, 5.74) is -2.56. The molecule has 0 saturated carbocycles. The molecule has 0 bridgehead atoms. The number of alkyl halides is 4. The van der Waals surface area contributed by atoms with Crippen LogP contribution in [0.15, 0.2) is 18.2 Å². The highest BCUT2D eigenvalue weighted by Gasteiger charge is 2.41. The predicted molar refractivity (Wildman–Crippen MR) is 50.3 cm³/mol. The number of hydrogen-bond donors (Lipinski definition) is 2. The second kappa shape index (κ2) is 4.63. The van der Waals surface area contributed by atoms with Gasteiger partial charge in [0.05, 0.1) is 11.1 Å². The Hall–Kier alpha value is -2.12. The third-order valence-electron chi connectivity index (χ3n) is 2.08. The maximum absolute atomic E-state index is 13.0. The molecule has 2 N–H and O–H groups in total. The van der Waals surface area contributed by atoms with Gasteiger partial charge in [-0.05, 0) is 17.7 Å². The normalized spacial score (nSPS) is 13.1. The van der Waals surface area contributed by atoms with E-state index in [-0.39, 0.29) is 0 Å². The van der Waals surface area contributed by atoms with Gasteiger partial charge >= 0.3 is 18.1 Å². The Morgan fingerprint density at radius 1 is 1.06 bits per heavy atom. The van der Waals surface area contributed by atoms with E-state index in [1.165, 1.54) is 0 Å². The van der Waals surface area contributed by atoms with E-state index in [4.69, 9.17) is 10.2 Å². The van der Waals surface area contributed by atoms with Crippen molar-refractivity contribution in [3.05, 3.63) is 34.9 Å². The highest BCUT2D eigenvalue weighted by atomic mass is 19.4. The SMILES string of the molecule is O=C(O)c1ccc(C(F)C(F)(F)F)cc1C(=O)O. The largest absolute Gasteiger partial charge is 0.478 e. The standard InChI is InChI=1S/C10H6F4O4/c11-7(10(12,13)14)4-1-2-5(8(15)16)6(3-4)9(17)18/h1-3,7H,(H,15,16)(H,17,18). The zero-order chi connectivity index (χ0) is 14.1. The Labute approximate surface area is 97.5 Å². The van der Waals surface area contributed by atoms with E-state index < -0.39 is 41.0 Å². The molecule has 1 aromatic carbocycles. The lowest BCUT2D eigenvalue weighted by Gasteiger charge is -2.13. The fraction of sp³-hybridized carbons (Fsp3) is 0.200. The lowest BCUT2D eigenvalue weighted by atomic mass is 10.0. The van der Waals surface area contributed by atoms with Gasteiger partial charge in [0.15, 0.2) is 0 Å². The molecule has 1 unspecified atom stereocenters. The summed E-state index contributed by atoms with van der Waals surface area (Å²) < 4.78 is 49.2. The Balaban J connectivity index is 3.32. The summed E-state index contributed by atoms with van der Waals surface area (Å²) in [6.07, 6.45) is -8.54. The lowest BCUT2D eigenvalue weighted by Crippen LogP contribution is -2.18. The van der Waals surface area contributed by atoms with Crippen LogP contribution < -0.4 is 0 Å². The minimum absolute atomic E-state index is 0.365. The fourth-order valence-corrected chi connectivity index (χ4v) is 1.27. The summed E-state index contributed by atoms with van der Waals surface area (Å²) in [6.45, 7) is 0. The summed E-state index contributed by atoms with van der Waals surface area (Å²) in [4.78, 5) is 21.3. The average Bonchev–Trinajstić information content (AvgIpc) is 2.25. The number of carboxylic acid groups (broad SMARTS) is 2. The lowest BCUT2D eigenvalue weighted by molar-refractivity contribution is -0.182. The summed E-state index contributed by atoms with van der Waals surface area (Å²) in [5, 5.41) is 17.3. The van der Waals surface area contributed by atoms with E-state index in [0.717, 1.165) is 0 Å². The number of carboxylic acids is 2. The number of hydrogen-bond acceptors (Lipinski definition) is 2. The third-order valence-corrected chi connectivity index (χ3v) is 2.08. The summed E-state index contributed by atoms with van der Waals surface area (Å²) in [5.74, 6) is -3.37. The second-order valence-corrected chi connectivity index (χ2v) is 3.32. The maximum atomic E-state index is 13.0. The number of aromatic carboxylic acids is 2. The molecule has 0 aliphatic carbocycles. The minimum atomic E-state index is -5.18. The van der Waals surface area contributed by atoms with Gasteiger partial charge in [-0.1, -0.05) is 6.07 Å². The van der Waals surface area contributed by atoms with Crippen LogP contribution in [-0.4, -0.2) is 28.3 Å². The smallest absolute Gasteiger partial charge is 0.423 e. The van der Waals surface area contributed by atoms with Crippen molar-refractivity contribution in [2.24, 2.45) is 0 Å². The van der Waals surface area contributed by atoms with Crippen molar-refractivity contribution < 1.29 is 37.4 Å². The number of carbonyl (C=O) groups is 2. The molecule has 98 valence electrons. The molecule has 0 heterocycles. The molecule has 4 nitrogen and oxygen atoms in total. The number of benzene rings is 1. The molecular weight excluding hydrogens is 260 g/mol. The van der Waals surface area contributed by atoms with Crippen LogP contribution in [0, 0.1) is 0 Å². The predicted octanol–water partition coefficient (Wildman–Crippen LogP) is 2.66. The van der Waals surface area contributed by atoms with E-state index in [1.807, 2.05) is 0 Å². The van der Waals surface area contributed by atoms with Crippen molar-refractivity contribution >= 4 is 11.9 Å². The van der Waals surface area contributed by atoms with Crippen LogP contribution in [0.5, 0.6) is 0 Å². The highest BCUT2D eigenvalue weighted by molar-refractivity contribution is 6.01. The van der Waals surface area contributed by atoms with E-state index in [1.54, 1.807) is 0 Å². The molecule has 1 atom stereocenters. The van der Waals surface area contributed by atoms with Gasteiger partial charge in [0, 0.05) is 0 Å². The molecule has 0 aliphatic rings. The maximum Gasteiger partial charge on any atom is 0.423 e. The Kier molecular flexibility index (Phi) is 3.59. The average molecular weight is 266 g/mol. The molecule has 0 fully saturated rings. The zero-order valence-corrected chi connectivity index (χ0v) is 8.53. The summed E-state index contributed by atoms with van der Waals surface area (Å²) >= 11 is 0. The van der Waals surface area contributed by atoms with E-state index >= 15 is 0 Å². The molecule has 18 heavy (non-hydrogen) atoms. The first-order chi connectivity index (χ1) is 8.14. The van der Waals surface area contributed by atoms with Gasteiger partial charge in [-0.25, -0.2) is 14.0 Å². The highest BCUT2D eigenvalue weighted by Crippen LogP contribution is 2.36. The van der Waals surface area contributed by atoms with Crippen LogP contribution in [0.4, 0.5) is 17.6 Å². The fourth-order valence-electron chi connectivity index (χ4n) is 1.27. The van der Waals surface area contributed by atoms with Gasteiger partial charge in [-0.2, -0.15) is 13.2 Å². The van der Waals surface area contributed by atoms with Crippen LogP contribution in [0.25, 0.3) is 0 Å². The van der Waals surface area contributed by atoms with Crippen molar-refractivity contribution in [3.8, 4) is 0 Å². The monoisotopic (exact) mass is 266 g/mol. The zero-order valence-electron chi connectivity index (χ0n) is 8.53. The van der Waals surface area contributed by atoms with Crippen LogP contribution >= 0.6 is 0 Å². The molecule has 1 aromatic rings. The molecular formula is C10H6F4O4. The molecule has 1 rings (SSSR count). The van der Waals surface area contributed by atoms with Gasteiger partial charge in [-0.15, -0.1) is 0 Å². The molecule has 0 spiro atoms. The van der Waals surface area contributed by atoms with E-state index in [2.05, 4.69) is 0 Å². The summed E-state index contributed by atoms with van der Waals surface area (Å²) in [7, 11) is 0. The van der Waals surface area contributed by atoms with Crippen LogP contribution in [0.3, 0.4) is 0 Å². The summed E-state index contributed by atoms with van der Waals surface area (Å²) in [6, 6.07) is 1.58. The molecule has 0 saturated heterocycles. The first-order valence-corrected chi connectivity index (χ1v) is 4.46. The Morgan fingerprint density at radius 2 is 1.56 bits per heavy atom. The van der Waals surface area contributed by atoms with Crippen LogP contribution in [0.1, 0.15) is 32.5 Å². The first-order valence-electron chi connectivity index (χ1n) is 4.46. The van der Waals surface area contributed by atoms with Crippen molar-refractivity contribution in [2.45, 2.75) is 12.3 Å². The minimum Gasteiger partial charge on any atom is -0.478 e. The number of halogens is 4. The first kappa shape index (κ1) is 13.9. The second-order valence-electron chi connectivity index (χ2n) is 3.32. The van der Waals surface area contributed by atoms with Crippen LogP contribution in [-0.2, 0) is 0 Å². The van der Waals surface area contributed by atoms with Crippen LogP contribution in [0.2, 0.25) is 0 Å². The Bertz CT molecular complexity index is 495. The van der Waals surface area contributed by atoms with Gasteiger partial charge in [0.25, 0.3) is 0 Å². The van der Waals surface area contributed by atoms with Gasteiger partial charge in [-0.3, -0.25) is 0 Å². The van der Waals surface area contributed by atoms with E-state index in [0.29, 0.717) is 18.2 Å². The molecule has 0 aliphatic heterocycles. The van der Waals surface area contributed by atoms with Crippen molar-refractivity contribution in [2.75, 3.05) is 0 Å². The van der Waals surface area contributed by atoms with Crippen molar-refractivity contribution in [1.29, 1.82) is 0 Å². The van der Waals surface area contributed by atoms with Crippen molar-refractivity contribution in [1.82, 2.24) is 0 Å². The molecule has 8 heteroatoms. The number of rotatable bonds is 3. The molecule has 0 radical (unpaired) electrons. The van der Waals surface area contributed by atoms with Gasteiger partial charge in [0.1, 0.15) is 0 Å². The van der Waals surface area contributed by atoms with E-state index in [9.17, 15) is 27.2 Å². The molecule has 0 amide bonds.